The topological polar surface area (TPSA) is 87.8 Å². The van der Waals surface area contributed by atoms with Gasteiger partial charge in [-0.1, -0.05) is 24.0 Å². The van der Waals surface area contributed by atoms with Crippen LogP contribution in [-0.2, 0) is 9.59 Å². The largest absolute Gasteiger partial charge is 0.481 e. The lowest BCUT2D eigenvalue weighted by molar-refractivity contribution is -0.137. The van der Waals surface area contributed by atoms with E-state index in [9.17, 15) is 14.4 Å². The van der Waals surface area contributed by atoms with Crippen LogP contribution >= 0.6 is 24.0 Å². The predicted molar refractivity (Wildman–Crippen MR) is 109 cm³/mol. The number of carboxylic acids is 1. The Morgan fingerprint density at radius 3 is 2.70 bits per heavy atom. The molecule has 140 valence electrons. The first-order chi connectivity index (χ1) is 12.8. The number of hydrogen-bond donors (Lipinski definition) is 1. The van der Waals surface area contributed by atoms with Crippen molar-refractivity contribution in [2.45, 2.75) is 26.7 Å². The van der Waals surface area contributed by atoms with Crippen molar-refractivity contribution in [3.63, 3.8) is 0 Å². The van der Waals surface area contributed by atoms with Crippen LogP contribution in [-0.4, -0.2) is 32.7 Å². The Kier molecular flexibility index (Phi) is 5.48. The molecule has 3 rings (SSSR count). The molecule has 1 aliphatic heterocycles. The highest BCUT2D eigenvalue weighted by atomic mass is 32.2. The van der Waals surface area contributed by atoms with Gasteiger partial charge in [-0.3, -0.25) is 19.3 Å². The summed E-state index contributed by atoms with van der Waals surface area (Å²) in [6.45, 7) is 4.10. The third-order valence-corrected chi connectivity index (χ3v) is 5.73. The van der Waals surface area contributed by atoms with Crippen LogP contribution < -0.4 is 5.43 Å². The number of amides is 1. The Morgan fingerprint density at radius 1 is 1.30 bits per heavy atom. The summed E-state index contributed by atoms with van der Waals surface area (Å²) < 4.78 is 5.93. The Balaban J connectivity index is 1.90. The number of carbonyl (C=O) groups is 2. The van der Waals surface area contributed by atoms with Crippen LogP contribution in [0.4, 0.5) is 0 Å². The van der Waals surface area contributed by atoms with Gasteiger partial charge in [0.15, 0.2) is 5.43 Å². The molecule has 1 N–H and O–H groups in total. The van der Waals surface area contributed by atoms with E-state index >= 15 is 0 Å². The molecule has 1 fully saturated rings. The third-order valence-electron chi connectivity index (χ3n) is 4.35. The summed E-state index contributed by atoms with van der Waals surface area (Å²) in [6, 6.07) is 3.60. The van der Waals surface area contributed by atoms with Gasteiger partial charge in [0.2, 0.25) is 0 Å². The predicted octanol–water partition coefficient (Wildman–Crippen LogP) is 3.48. The molecule has 8 heteroatoms. The minimum absolute atomic E-state index is 0.0386. The van der Waals surface area contributed by atoms with Crippen molar-refractivity contribution in [3.8, 4) is 0 Å². The number of carbonyl (C=O) groups excluding carboxylic acids is 1. The highest BCUT2D eigenvalue weighted by molar-refractivity contribution is 8.26. The molecule has 6 nitrogen and oxygen atoms in total. The number of thioether (sulfide) groups is 1. The number of nitrogens with zero attached hydrogens (tertiary/aromatic N) is 1. The van der Waals surface area contributed by atoms with Gasteiger partial charge in [-0.25, -0.2) is 0 Å². The van der Waals surface area contributed by atoms with E-state index < -0.39 is 5.97 Å². The molecular weight excluding hydrogens is 386 g/mol. The fraction of sp³-hybridized carbons (Fsp3) is 0.263. The SMILES string of the molecule is Cc1cc2occ(C=C3SC(=S)N(CCCC(=O)O)C3=O)c(=O)c2cc1C. The smallest absolute Gasteiger partial charge is 0.303 e. The number of benzene rings is 1. The van der Waals surface area contributed by atoms with E-state index in [0.29, 0.717) is 26.6 Å². The minimum atomic E-state index is -0.921. The molecule has 0 radical (unpaired) electrons. The fourth-order valence-electron chi connectivity index (χ4n) is 2.72. The summed E-state index contributed by atoms with van der Waals surface area (Å²) >= 11 is 6.31. The second kappa shape index (κ2) is 7.66. The van der Waals surface area contributed by atoms with E-state index in [1.165, 1.54) is 17.2 Å². The van der Waals surface area contributed by atoms with Gasteiger partial charge in [0, 0.05) is 13.0 Å². The van der Waals surface area contributed by atoms with Crippen molar-refractivity contribution in [2.24, 2.45) is 0 Å². The third kappa shape index (κ3) is 3.96. The van der Waals surface area contributed by atoms with Gasteiger partial charge in [-0.15, -0.1) is 0 Å². The lowest BCUT2D eigenvalue weighted by Crippen LogP contribution is -2.29. The van der Waals surface area contributed by atoms with E-state index in [1.54, 1.807) is 6.07 Å². The second-order valence-electron chi connectivity index (χ2n) is 6.28. The Labute approximate surface area is 164 Å². The Morgan fingerprint density at radius 2 is 2.00 bits per heavy atom. The standard InChI is InChI=1S/C19H17NO5S2/c1-10-6-13-14(7-11(10)2)25-9-12(17(13)23)8-15-18(24)20(19(26)27-15)5-3-4-16(21)22/h6-9H,3-5H2,1-2H3,(H,21,22). The van der Waals surface area contributed by atoms with Crippen LogP contribution in [0.2, 0.25) is 0 Å². The minimum Gasteiger partial charge on any atom is -0.481 e. The number of aryl methyl sites for hydroxylation is 2. The van der Waals surface area contributed by atoms with Crippen LogP contribution in [0.15, 0.2) is 32.5 Å². The molecular formula is C19H17NO5S2. The van der Waals surface area contributed by atoms with Crippen LogP contribution in [0.3, 0.4) is 0 Å². The van der Waals surface area contributed by atoms with Crippen LogP contribution in [0.25, 0.3) is 17.0 Å². The molecule has 1 aliphatic rings. The summed E-state index contributed by atoms with van der Waals surface area (Å²) in [5, 5.41) is 9.18. The van der Waals surface area contributed by atoms with Gasteiger partial charge in [0.05, 0.1) is 15.9 Å². The Bertz CT molecular complexity index is 1050. The molecule has 0 saturated carbocycles. The number of rotatable bonds is 5. The maximum Gasteiger partial charge on any atom is 0.303 e. The number of hydrogen-bond acceptors (Lipinski definition) is 6. The van der Waals surface area contributed by atoms with E-state index in [-0.39, 0.29) is 29.9 Å². The van der Waals surface area contributed by atoms with Gasteiger partial charge in [0.1, 0.15) is 16.2 Å². The molecule has 2 heterocycles. The van der Waals surface area contributed by atoms with Crippen molar-refractivity contribution >= 4 is 57.2 Å². The van der Waals surface area contributed by atoms with E-state index in [1.807, 2.05) is 19.9 Å². The summed E-state index contributed by atoms with van der Waals surface area (Å²) in [7, 11) is 0. The molecule has 2 aromatic rings. The monoisotopic (exact) mass is 403 g/mol. The zero-order chi connectivity index (χ0) is 19.7. The van der Waals surface area contributed by atoms with Crippen molar-refractivity contribution in [1.82, 2.24) is 4.90 Å². The van der Waals surface area contributed by atoms with Gasteiger partial charge in [-0.05, 0) is 49.6 Å². The van der Waals surface area contributed by atoms with Crippen LogP contribution in [0, 0.1) is 13.8 Å². The first-order valence-corrected chi connectivity index (χ1v) is 9.50. The molecule has 0 aliphatic carbocycles. The molecule has 0 atom stereocenters. The number of carboxylic acid groups (broad SMARTS) is 1. The normalized spacial score (nSPS) is 15.9. The zero-order valence-corrected chi connectivity index (χ0v) is 16.4. The maximum atomic E-state index is 12.8. The highest BCUT2D eigenvalue weighted by Gasteiger charge is 2.32. The fourth-order valence-corrected chi connectivity index (χ4v) is 4.02. The zero-order valence-electron chi connectivity index (χ0n) is 14.8. The van der Waals surface area contributed by atoms with Crippen LogP contribution in [0.5, 0.6) is 0 Å². The quantitative estimate of drug-likeness (QED) is 0.604. The first-order valence-electron chi connectivity index (χ1n) is 8.28. The summed E-state index contributed by atoms with van der Waals surface area (Å²) in [5.41, 5.74) is 2.58. The molecule has 0 spiro atoms. The van der Waals surface area contributed by atoms with Crippen molar-refractivity contribution in [2.75, 3.05) is 6.54 Å². The van der Waals surface area contributed by atoms with Gasteiger partial charge in [0.25, 0.3) is 5.91 Å². The molecule has 0 bridgehead atoms. The average molecular weight is 403 g/mol. The lowest BCUT2D eigenvalue weighted by Gasteiger charge is -2.13. The summed E-state index contributed by atoms with van der Waals surface area (Å²) in [4.78, 5) is 37.6. The maximum absolute atomic E-state index is 12.8. The molecule has 27 heavy (non-hydrogen) atoms. The van der Waals surface area contributed by atoms with E-state index in [0.717, 1.165) is 22.9 Å². The molecule has 0 unspecified atom stereocenters. The molecule has 1 aromatic heterocycles. The highest BCUT2D eigenvalue weighted by Crippen LogP contribution is 2.32. The Hall–Kier alpha value is -2.45. The number of aliphatic carboxylic acids is 1. The first kappa shape index (κ1) is 19.3. The number of fused-ring (bicyclic) bond motifs is 1. The van der Waals surface area contributed by atoms with E-state index in [2.05, 4.69) is 0 Å². The van der Waals surface area contributed by atoms with Gasteiger partial charge in [-0.2, -0.15) is 0 Å². The summed E-state index contributed by atoms with van der Waals surface area (Å²) in [6.07, 6.45) is 3.10. The lowest BCUT2D eigenvalue weighted by atomic mass is 10.1. The van der Waals surface area contributed by atoms with Crippen LogP contribution in [0.1, 0.15) is 29.5 Å². The number of thiocarbonyl (C=S) groups is 1. The van der Waals surface area contributed by atoms with Crippen molar-refractivity contribution in [3.05, 3.63) is 50.2 Å². The van der Waals surface area contributed by atoms with Gasteiger partial charge >= 0.3 is 5.97 Å². The molecule has 1 amide bonds. The molecule has 1 saturated heterocycles. The van der Waals surface area contributed by atoms with Crippen molar-refractivity contribution in [1.29, 1.82) is 0 Å². The van der Waals surface area contributed by atoms with E-state index in [4.69, 9.17) is 21.7 Å². The molecule has 1 aromatic carbocycles. The average Bonchev–Trinajstić information content (AvgIpc) is 2.86. The second-order valence-corrected chi connectivity index (χ2v) is 7.96. The van der Waals surface area contributed by atoms with Crippen molar-refractivity contribution < 1.29 is 19.1 Å². The van der Waals surface area contributed by atoms with Gasteiger partial charge < -0.3 is 9.52 Å². The summed E-state index contributed by atoms with van der Waals surface area (Å²) in [5.74, 6) is -1.25.